The molecule has 2 aromatic heterocycles. The molecule has 2 amide bonds. The predicted octanol–water partition coefficient (Wildman–Crippen LogP) is 3.56. The van der Waals surface area contributed by atoms with Crippen LogP contribution in [0.1, 0.15) is 73.6 Å². The van der Waals surface area contributed by atoms with Crippen molar-refractivity contribution in [2.75, 3.05) is 13.6 Å². The number of nitrogens with zero attached hydrogens (tertiary/aromatic N) is 3. The van der Waals surface area contributed by atoms with Gasteiger partial charge in [-0.3, -0.25) is 19.6 Å². The van der Waals surface area contributed by atoms with E-state index in [1.807, 2.05) is 12.1 Å². The molecule has 2 aromatic rings. The van der Waals surface area contributed by atoms with Gasteiger partial charge in [0, 0.05) is 41.7 Å². The maximum atomic E-state index is 11.9. The lowest BCUT2D eigenvalue weighted by atomic mass is 9.91. The van der Waals surface area contributed by atoms with Crippen LogP contribution in [0, 0.1) is 12.3 Å². The minimum atomic E-state index is -0.437. The molecule has 0 saturated carbocycles. The Labute approximate surface area is 179 Å². The summed E-state index contributed by atoms with van der Waals surface area (Å²) in [6.45, 7) is 12.8. The first-order valence-corrected chi connectivity index (χ1v) is 9.69. The first kappa shape index (κ1) is 24.8. The van der Waals surface area contributed by atoms with Crippen LogP contribution in [0.2, 0.25) is 0 Å². The molecule has 0 saturated heterocycles. The maximum Gasteiger partial charge on any atom is 0.255 e. The number of rotatable bonds is 3. The number of primary amides is 1. The zero-order valence-corrected chi connectivity index (χ0v) is 19.0. The summed E-state index contributed by atoms with van der Waals surface area (Å²) in [4.78, 5) is 32.6. The third-order valence-corrected chi connectivity index (χ3v) is 4.27. The van der Waals surface area contributed by atoms with Gasteiger partial charge in [-0.2, -0.15) is 0 Å². The maximum absolute atomic E-state index is 11.9. The lowest BCUT2D eigenvalue weighted by molar-refractivity contribution is 0.0811. The quantitative estimate of drug-likeness (QED) is 0.787. The van der Waals surface area contributed by atoms with E-state index in [9.17, 15) is 9.59 Å². The van der Waals surface area contributed by atoms with Crippen LogP contribution in [-0.2, 0) is 10.8 Å². The van der Waals surface area contributed by atoms with Crippen LogP contribution in [0.5, 0.6) is 0 Å². The number of hydrogen-bond donors (Lipinski definition) is 1. The number of nitrogens with two attached hydrogens (primary N) is 1. The van der Waals surface area contributed by atoms with Crippen LogP contribution in [-0.4, -0.2) is 40.3 Å². The number of carbonyl (C=O) groups excluding carboxylic acids is 2. The molecule has 2 N–H and O–H groups in total. The zero-order valence-electron chi connectivity index (χ0n) is 19.0. The van der Waals surface area contributed by atoms with Gasteiger partial charge in [0.1, 0.15) is 0 Å². The SMILES string of the molecule is C#CCN(C)C(=O)c1ccc(C(C)(C)C)nc1.CC(C)(C)c1ccc(C(N)=O)cn1. The summed E-state index contributed by atoms with van der Waals surface area (Å²) < 4.78 is 0. The average Bonchev–Trinajstić information content (AvgIpc) is 2.67. The fourth-order valence-corrected chi connectivity index (χ4v) is 2.38. The highest BCUT2D eigenvalue weighted by Gasteiger charge is 2.17. The van der Waals surface area contributed by atoms with Crippen molar-refractivity contribution in [2.24, 2.45) is 5.73 Å². The van der Waals surface area contributed by atoms with Gasteiger partial charge in [0.15, 0.2) is 0 Å². The van der Waals surface area contributed by atoms with Gasteiger partial charge >= 0.3 is 0 Å². The van der Waals surface area contributed by atoms with Crippen molar-refractivity contribution in [1.82, 2.24) is 14.9 Å². The number of aromatic nitrogens is 2. The van der Waals surface area contributed by atoms with Crippen molar-refractivity contribution in [3.63, 3.8) is 0 Å². The van der Waals surface area contributed by atoms with Gasteiger partial charge in [-0.25, -0.2) is 0 Å². The van der Waals surface area contributed by atoms with E-state index in [-0.39, 0.29) is 16.7 Å². The van der Waals surface area contributed by atoms with E-state index in [2.05, 4.69) is 57.4 Å². The highest BCUT2D eigenvalue weighted by Crippen LogP contribution is 2.20. The standard InChI is InChI=1S/C14H18N2O.C10H14N2O/c1-6-9-16(5)13(17)11-7-8-12(15-10-11)14(2,3)4;1-10(2,3)8-5-4-7(6-12-8)9(11)13/h1,7-8,10H,9H2,2-5H3;4-6H,1-3H3,(H2,11,13). The Balaban J connectivity index is 0.000000311. The number of carbonyl (C=O) groups is 2. The first-order valence-electron chi connectivity index (χ1n) is 9.69. The molecule has 0 fully saturated rings. The van der Waals surface area contributed by atoms with E-state index in [0.717, 1.165) is 11.4 Å². The van der Waals surface area contributed by atoms with E-state index >= 15 is 0 Å². The van der Waals surface area contributed by atoms with E-state index in [4.69, 9.17) is 12.2 Å². The minimum Gasteiger partial charge on any atom is -0.366 e. The minimum absolute atomic E-state index is 0.00765. The largest absolute Gasteiger partial charge is 0.366 e. The second-order valence-electron chi connectivity index (χ2n) is 9.09. The molecule has 0 bridgehead atoms. The predicted molar refractivity (Wildman–Crippen MR) is 120 cm³/mol. The van der Waals surface area contributed by atoms with Crippen LogP contribution >= 0.6 is 0 Å². The second-order valence-corrected chi connectivity index (χ2v) is 9.09. The average molecular weight is 409 g/mol. The fraction of sp³-hybridized carbons (Fsp3) is 0.417. The van der Waals surface area contributed by atoms with Crippen molar-refractivity contribution in [3.05, 3.63) is 59.2 Å². The Bertz CT molecular complexity index is 897. The summed E-state index contributed by atoms with van der Waals surface area (Å²) in [6, 6.07) is 7.22. The summed E-state index contributed by atoms with van der Waals surface area (Å²) in [7, 11) is 1.68. The Morgan fingerprint density at radius 3 is 1.67 bits per heavy atom. The number of terminal acetylenes is 1. The lowest BCUT2D eigenvalue weighted by Gasteiger charge is -2.18. The summed E-state index contributed by atoms with van der Waals surface area (Å²) >= 11 is 0. The van der Waals surface area contributed by atoms with Gasteiger partial charge in [0.05, 0.1) is 17.7 Å². The molecule has 0 aliphatic carbocycles. The Morgan fingerprint density at radius 1 is 0.933 bits per heavy atom. The molecular weight excluding hydrogens is 376 g/mol. The molecule has 0 atom stereocenters. The van der Waals surface area contributed by atoms with Crippen LogP contribution in [0.3, 0.4) is 0 Å². The van der Waals surface area contributed by atoms with Crippen molar-refractivity contribution >= 4 is 11.8 Å². The molecule has 0 aliphatic rings. The molecule has 30 heavy (non-hydrogen) atoms. The number of amides is 2. The molecule has 0 spiro atoms. The summed E-state index contributed by atoms with van der Waals surface area (Å²) in [5.74, 6) is 1.90. The van der Waals surface area contributed by atoms with Crippen LogP contribution < -0.4 is 5.73 Å². The van der Waals surface area contributed by atoms with E-state index in [1.54, 1.807) is 25.4 Å². The Morgan fingerprint density at radius 2 is 1.37 bits per heavy atom. The van der Waals surface area contributed by atoms with Gasteiger partial charge in [-0.1, -0.05) is 47.5 Å². The molecule has 6 heteroatoms. The van der Waals surface area contributed by atoms with Gasteiger partial charge < -0.3 is 10.6 Å². The van der Waals surface area contributed by atoms with Crippen molar-refractivity contribution in [2.45, 2.75) is 52.4 Å². The summed E-state index contributed by atoms with van der Waals surface area (Å²) in [6.07, 6.45) is 8.29. The van der Waals surface area contributed by atoms with Gasteiger partial charge in [0.25, 0.3) is 5.91 Å². The van der Waals surface area contributed by atoms with Crippen molar-refractivity contribution in [1.29, 1.82) is 0 Å². The Hall–Kier alpha value is -3.20. The normalized spacial score (nSPS) is 11.0. The van der Waals surface area contributed by atoms with E-state index in [0.29, 0.717) is 17.7 Å². The summed E-state index contributed by atoms with van der Waals surface area (Å²) in [5, 5.41) is 0. The van der Waals surface area contributed by atoms with Crippen LogP contribution in [0.25, 0.3) is 0 Å². The third-order valence-electron chi connectivity index (χ3n) is 4.27. The van der Waals surface area contributed by atoms with Crippen LogP contribution in [0.4, 0.5) is 0 Å². The molecule has 2 rings (SSSR count). The number of hydrogen-bond acceptors (Lipinski definition) is 4. The van der Waals surface area contributed by atoms with E-state index in [1.165, 1.54) is 11.1 Å². The zero-order chi connectivity index (χ0) is 23.1. The number of pyridine rings is 2. The van der Waals surface area contributed by atoms with Gasteiger partial charge in [-0.05, 0) is 24.3 Å². The molecule has 0 aliphatic heterocycles. The molecule has 0 aromatic carbocycles. The van der Waals surface area contributed by atoms with Gasteiger partial charge in [-0.15, -0.1) is 6.42 Å². The van der Waals surface area contributed by atoms with Gasteiger partial charge in [0.2, 0.25) is 5.91 Å². The monoisotopic (exact) mass is 408 g/mol. The molecule has 160 valence electrons. The first-order chi connectivity index (χ1) is 13.8. The highest BCUT2D eigenvalue weighted by molar-refractivity contribution is 5.94. The second kappa shape index (κ2) is 10.0. The molecule has 0 radical (unpaired) electrons. The molecular formula is C24H32N4O2. The van der Waals surface area contributed by atoms with Crippen molar-refractivity contribution < 1.29 is 9.59 Å². The molecule has 6 nitrogen and oxygen atoms in total. The highest BCUT2D eigenvalue weighted by atomic mass is 16.2. The van der Waals surface area contributed by atoms with Crippen LogP contribution in [0.15, 0.2) is 36.7 Å². The molecule has 2 heterocycles. The van der Waals surface area contributed by atoms with E-state index < -0.39 is 5.91 Å². The topological polar surface area (TPSA) is 89.2 Å². The molecule has 0 unspecified atom stereocenters. The Kier molecular flexibility index (Phi) is 8.29. The summed E-state index contributed by atoms with van der Waals surface area (Å²) in [5.41, 5.74) is 8.04. The lowest BCUT2D eigenvalue weighted by Crippen LogP contribution is -2.27. The smallest absolute Gasteiger partial charge is 0.255 e. The third kappa shape index (κ3) is 7.32. The van der Waals surface area contributed by atoms with Crippen molar-refractivity contribution in [3.8, 4) is 12.3 Å². The fourth-order valence-electron chi connectivity index (χ4n) is 2.38.